The SMILES string of the molecule is CCCOc1cccc(C2/C(=C(\O)c3ccc(CC)cc3)C(=O)C(=O)N2c2cccc(OC)c2)c1. The third-order valence-corrected chi connectivity index (χ3v) is 6.06. The van der Waals surface area contributed by atoms with Crippen molar-refractivity contribution in [3.63, 3.8) is 0 Å². The summed E-state index contributed by atoms with van der Waals surface area (Å²) in [4.78, 5) is 28.1. The molecule has 35 heavy (non-hydrogen) atoms. The lowest BCUT2D eigenvalue weighted by atomic mass is 9.94. The van der Waals surface area contributed by atoms with E-state index in [1.165, 1.54) is 4.90 Å². The number of carbonyl (C=O) groups excluding carboxylic acids is 2. The van der Waals surface area contributed by atoms with Crippen molar-refractivity contribution in [2.45, 2.75) is 32.7 Å². The van der Waals surface area contributed by atoms with Crippen LogP contribution in [0.25, 0.3) is 5.76 Å². The Balaban J connectivity index is 1.90. The van der Waals surface area contributed by atoms with Gasteiger partial charge in [-0.05, 0) is 48.2 Å². The van der Waals surface area contributed by atoms with Crippen molar-refractivity contribution in [2.75, 3.05) is 18.6 Å². The number of rotatable bonds is 8. The lowest BCUT2D eigenvalue weighted by Gasteiger charge is -2.26. The molecule has 6 heteroatoms. The molecule has 1 fully saturated rings. The highest BCUT2D eigenvalue weighted by Crippen LogP contribution is 2.43. The van der Waals surface area contributed by atoms with Gasteiger partial charge in [0, 0.05) is 17.3 Å². The maximum absolute atomic E-state index is 13.4. The summed E-state index contributed by atoms with van der Waals surface area (Å²) in [5.41, 5.74) is 2.78. The molecule has 0 bridgehead atoms. The van der Waals surface area contributed by atoms with Gasteiger partial charge in [-0.3, -0.25) is 14.5 Å². The second-order valence-corrected chi connectivity index (χ2v) is 8.34. The van der Waals surface area contributed by atoms with Crippen LogP contribution in [0.15, 0.2) is 78.4 Å². The molecule has 1 saturated heterocycles. The molecule has 0 aliphatic carbocycles. The number of ether oxygens (including phenoxy) is 2. The molecule has 0 saturated carbocycles. The summed E-state index contributed by atoms with van der Waals surface area (Å²) in [5, 5.41) is 11.3. The number of amides is 1. The predicted octanol–water partition coefficient (Wildman–Crippen LogP) is 5.67. The van der Waals surface area contributed by atoms with Crippen LogP contribution < -0.4 is 14.4 Å². The first kappa shape index (κ1) is 24.1. The average Bonchev–Trinajstić information content (AvgIpc) is 3.17. The molecule has 4 rings (SSSR count). The lowest BCUT2D eigenvalue weighted by molar-refractivity contribution is -0.132. The number of anilines is 1. The number of aliphatic hydroxyl groups is 1. The molecule has 180 valence electrons. The Morgan fingerprint density at radius 3 is 2.34 bits per heavy atom. The zero-order valence-electron chi connectivity index (χ0n) is 20.2. The van der Waals surface area contributed by atoms with Gasteiger partial charge in [-0.25, -0.2) is 0 Å². The van der Waals surface area contributed by atoms with E-state index in [4.69, 9.17) is 9.47 Å². The number of aryl methyl sites for hydroxylation is 1. The van der Waals surface area contributed by atoms with Gasteiger partial charge in [-0.15, -0.1) is 0 Å². The van der Waals surface area contributed by atoms with Crippen LogP contribution in [0.3, 0.4) is 0 Å². The average molecular weight is 472 g/mol. The Kier molecular flexibility index (Phi) is 7.20. The Morgan fingerprint density at radius 1 is 0.943 bits per heavy atom. The fraction of sp³-hybridized carbons (Fsp3) is 0.241. The van der Waals surface area contributed by atoms with Crippen LogP contribution in [0, 0.1) is 0 Å². The Bertz CT molecular complexity index is 1260. The first-order chi connectivity index (χ1) is 17.0. The van der Waals surface area contributed by atoms with Crippen LogP contribution in [0.5, 0.6) is 11.5 Å². The van der Waals surface area contributed by atoms with E-state index >= 15 is 0 Å². The molecule has 3 aromatic rings. The number of carbonyl (C=O) groups is 2. The van der Waals surface area contributed by atoms with Crippen molar-refractivity contribution in [2.24, 2.45) is 0 Å². The number of nitrogens with zero attached hydrogens (tertiary/aromatic N) is 1. The number of benzene rings is 3. The second kappa shape index (κ2) is 10.5. The third kappa shape index (κ3) is 4.78. The van der Waals surface area contributed by atoms with Crippen LogP contribution in [0.1, 0.15) is 43.0 Å². The van der Waals surface area contributed by atoms with Gasteiger partial charge in [0.2, 0.25) is 0 Å². The van der Waals surface area contributed by atoms with Gasteiger partial charge >= 0.3 is 0 Å². The van der Waals surface area contributed by atoms with E-state index in [0.717, 1.165) is 18.4 Å². The number of ketones is 1. The normalized spacial score (nSPS) is 17.0. The molecular weight excluding hydrogens is 442 g/mol. The quantitative estimate of drug-likeness (QED) is 0.260. The fourth-order valence-corrected chi connectivity index (χ4v) is 4.22. The molecule has 1 atom stereocenters. The van der Waals surface area contributed by atoms with Crippen molar-refractivity contribution in [3.8, 4) is 11.5 Å². The molecule has 0 radical (unpaired) electrons. The van der Waals surface area contributed by atoms with E-state index in [2.05, 4.69) is 0 Å². The van der Waals surface area contributed by atoms with E-state index in [0.29, 0.717) is 34.9 Å². The summed E-state index contributed by atoms with van der Waals surface area (Å²) < 4.78 is 11.1. The van der Waals surface area contributed by atoms with E-state index in [1.54, 1.807) is 43.5 Å². The number of methoxy groups -OCH3 is 1. The van der Waals surface area contributed by atoms with Crippen molar-refractivity contribution >= 4 is 23.1 Å². The Labute approximate surface area is 205 Å². The summed E-state index contributed by atoms with van der Waals surface area (Å²) in [6.45, 7) is 4.61. The van der Waals surface area contributed by atoms with E-state index in [9.17, 15) is 14.7 Å². The number of aliphatic hydroxyl groups excluding tert-OH is 1. The van der Waals surface area contributed by atoms with Crippen LogP contribution >= 0.6 is 0 Å². The minimum absolute atomic E-state index is 0.0368. The van der Waals surface area contributed by atoms with Gasteiger partial charge in [0.25, 0.3) is 11.7 Å². The van der Waals surface area contributed by atoms with Crippen molar-refractivity contribution in [1.82, 2.24) is 0 Å². The highest BCUT2D eigenvalue weighted by Gasteiger charge is 2.47. The van der Waals surface area contributed by atoms with Crippen molar-refractivity contribution in [3.05, 3.63) is 95.1 Å². The fourth-order valence-electron chi connectivity index (χ4n) is 4.22. The standard InChI is InChI=1S/C29H29NO5/c1-4-16-35-24-11-6-8-21(17-24)26-25(27(31)20-14-12-19(5-2)13-15-20)28(32)29(33)30(26)22-9-7-10-23(18-22)34-3/h6-15,17-18,26,31H,4-5,16H2,1-3H3/b27-25+. The molecule has 1 amide bonds. The van der Waals surface area contributed by atoms with Gasteiger partial charge in [0.1, 0.15) is 17.3 Å². The van der Waals surface area contributed by atoms with Crippen LogP contribution in [-0.2, 0) is 16.0 Å². The zero-order chi connectivity index (χ0) is 24.9. The molecule has 1 aliphatic heterocycles. The molecule has 1 unspecified atom stereocenters. The Hall–Kier alpha value is -4.06. The van der Waals surface area contributed by atoms with Gasteiger partial charge in [-0.1, -0.05) is 56.3 Å². The highest BCUT2D eigenvalue weighted by atomic mass is 16.5. The smallest absolute Gasteiger partial charge is 0.300 e. The summed E-state index contributed by atoms with van der Waals surface area (Å²) in [7, 11) is 1.54. The third-order valence-electron chi connectivity index (χ3n) is 6.06. The van der Waals surface area contributed by atoms with Crippen LogP contribution in [-0.4, -0.2) is 30.5 Å². The number of Topliss-reactive ketones (excluding diaryl/α,β-unsaturated/α-hetero) is 1. The summed E-state index contributed by atoms with van der Waals surface area (Å²) in [5.74, 6) is -0.475. The molecule has 0 spiro atoms. The molecule has 3 aromatic carbocycles. The van der Waals surface area contributed by atoms with Crippen molar-refractivity contribution < 1.29 is 24.2 Å². The van der Waals surface area contributed by atoms with Gasteiger partial charge in [-0.2, -0.15) is 0 Å². The molecule has 6 nitrogen and oxygen atoms in total. The summed E-state index contributed by atoms with van der Waals surface area (Å²) in [6, 6.07) is 20.8. The van der Waals surface area contributed by atoms with Crippen molar-refractivity contribution in [1.29, 1.82) is 0 Å². The second-order valence-electron chi connectivity index (χ2n) is 8.34. The monoisotopic (exact) mass is 471 g/mol. The lowest BCUT2D eigenvalue weighted by Crippen LogP contribution is -2.29. The molecule has 0 aromatic heterocycles. The van der Waals surface area contributed by atoms with E-state index < -0.39 is 17.7 Å². The molecule has 1 N–H and O–H groups in total. The van der Waals surface area contributed by atoms with Gasteiger partial charge in [0.05, 0.1) is 25.3 Å². The number of hydrogen-bond acceptors (Lipinski definition) is 5. The maximum Gasteiger partial charge on any atom is 0.300 e. The first-order valence-electron chi connectivity index (χ1n) is 11.8. The molecule has 1 aliphatic rings. The minimum Gasteiger partial charge on any atom is -0.507 e. The Morgan fingerprint density at radius 2 is 1.66 bits per heavy atom. The largest absolute Gasteiger partial charge is 0.507 e. The zero-order valence-corrected chi connectivity index (χ0v) is 20.2. The maximum atomic E-state index is 13.4. The number of hydrogen-bond donors (Lipinski definition) is 1. The minimum atomic E-state index is -0.835. The van der Waals surface area contributed by atoms with E-state index in [-0.39, 0.29) is 11.3 Å². The topological polar surface area (TPSA) is 76.1 Å². The van der Waals surface area contributed by atoms with Gasteiger partial charge < -0.3 is 14.6 Å². The first-order valence-corrected chi connectivity index (χ1v) is 11.8. The highest BCUT2D eigenvalue weighted by molar-refractivity contribution is 6.51. The van der Waals surface area contributed by atoms with Crippen LogP contribution in [0.4, 0.5) is 5.69 Å². The summed E-state index contributed by atoms with van der Waals surface area (Å²) in [6.07, 6.45) is 1.70. The molecule has 1 heterocycles. The predicted molar refractivity (Wildman–Crippen MR) is 136 cm³/mol. The van der Waals surface area contributed by atoms with E-state index in [1.807, 2.05) is 50.2 Å². The van der Waals surface area contributed by atoms with Gasteiger partial charge in [0.15, 0.2) is 0 Å². The van der Waals surface area contributed by atoms with Crippen LogP contribution in [0.2, 0.25) is 0 Å². The summed E-state index contributed by atoms with van der Waals surface area (Å²) >= 11 is 0. The molecular formula is C29H29NO5.